The molecular weight excluding hydrogens is 581 g/mol. The van der Waals surface area contributed by atoms with Crippen molar-refractivity contribution in [2.45, 2.75) is 51.2 Å². The lowest BCUT2D eigenvalue weighted by Gasteiger charge is -2.30. The van der Waals surface area contributed by atoms with E-state index in [1.54, 1.807) is 62.9 Å². The summed E-state index contributed by atoms with van der Waals surface area (Å²) in [5, 5.41) is 5.89. The summed E-state index contributed by atoms with van der Waals surface area (Å²) in [6.45, 7) is 7.93. The lowest BCUT2D eigenvalue weighted by molar-refractivity contribution is -0.113. The topological polar surface area (TPSA) is 114 Å². The number of carbonyl (C=O) groups is 4. The first-order chi connectivity index (χ1) is 19.9. The van der Waals surface area contributed by atoms with E-state index in [1.807, 2.05) is 0 Å². The molecule has 2 N–H and O–H groups in total. The predicted molar refractivity (Wildman–Crippen MR) is 161 cm³/mol. The summed E-state index contributed by atoms with van der Waals surface area (Å²) >= 11 is 2.48. The number of rotatable bonds is 8. The zero-order chi connectivity index (χ0) is 30.4. The fraction of sp³-hybridized carbons (Fsp3) is 0.333. The van der Waals surface area contributed by atoms with E-state index in [2.05, 4.69) is 10.6 Å². The third-order valence-electron chi connectivity index (χ3n) is 6.02. The van der Waals surface area contributed by atoms with Crippen molar-refractivity contribution in [3.05, 3.63) is 75.9 Å². The molecule has 12 heteroatoms. The molecule has 2 heterocycles. The molecule has 0 atom stereocenters. The predicted octanol–water partition coefficient (Wildman–Crippen LogP) is 6.34. The molecule has 1 aromatic heterocycles. The quantitative estimate of drug-likeness (QED) is 0.225. The number of hydrogen-bond donors (Lipinski definition) is 2. The van der Waals surface area contributed by atoms with Gasteiger partial charge in [0.05, 0.1) is 30.0 Å². The number of benzene rings is 2. The Morgan fingerprint density at radius 3 is 2.55 bits per heavy atom. The summed E-state index contributed by atoms with van der Waals surface area (Å²) in [4.78, 5) is 54.0. The van der Waals surface area contributed by atoms with Crippen LogP contribution in [0.25, 0.3) is 0 Å². The van der Waals surface area contributed by atoms with Crippen molar-refractivity contribution in [2.24, 2.45) is 0 Å². The van der Waals surface area contributed by atoms with Crippen LogP contribution >= 0.6 is 23.1 Å². The van der Waals surface area contributed by atoms with Gasteiger partial charge in [-0.1, -0.05) is 18.2 Å². The average Bonchev–Trinajstić information content (AvgIpc) is 3.28. The molecule has 0 bridgehead atoms. The van der Waals surface area contributed by atoms with Gasteiger partial charge in [-0.3, -0.25) is 9.59 Å². The molecule has 1 aliphatic heterocycles. The Morgan fingerprint density at radius 1 is 1.07 bits per heavy atom. The van der Waals surface area contributed by atoms with Crippen LogP contribution in [0.15, 0.2) is 53.4 Å². The molecule has 9 nitrogen and oxygen atoms in total. The first-order valence-electron chi connectivity index (χ1n) is 13.3. The van der Waals surface area contributed by atoms with E-state index >= 15 is 0 Å². The number of anilines is 2. The van der Waals surface area contributed by atoms with Crippen LogP contribution in [0.4, 0.5) is 19.9 Å². The summed E-state index contributed by atoms with van der Waals surface area (Å²) in [5.74, 6) is -2.03. The number of esters is 1. The number of amides is 3. The van der Waals surface area contributed by atoms with Crippen LogP contribution in [0.2, 0.25) is 0 Å². The molecule has 222 valence electrons. The Morgan fingerprint density at radius 2 is 1.83 bits per heavy atom. The maximum Gasteiger partial charge on any atom is 0.410 e. The van der Waals surface area contributed by atoms with E-state index in [4.69, 9.17) is 9.47 Å². The molecule has 2 aromatic carbocycles. The van der Waals surface area contributed by atoms with Gasteiger partial charge in [0.2, 0.25) is 5.91 Å². The first-order valence-corrected chi connectivity index (χ1v) is 15.1. The van der Waals surface area contributed by atoms with E-state index in [1.165, 1.54) is 41.3 Å². The van der Waals surface area contributed by atoms with Crippen molar-refractivity contribution in [3.8, 4) is 0 Å². The van der Waals surface area contributed by atoms with Crippen molar-refractivity contribution >= 4 is 57.7 Å². The third kappa shape index (κ3) is 7.89. The van der Waals surface area contributed by atoms with Gasteiger partial charge in [-0.25, -0.2) is 14.0 Å². The standard InChI is InChI=1S/C30H32FN3O6S2/c1-5-39-28(37)25-21-13-14-34(29(38)40-30(2,3)4)16-23(21)42-27(25)33-24(35)17-41-19-10-8-9-18(15-19)32-26(36)20-11-6-7-12-22(20)31/h6-12,15H,5,13-14,16-17H2,1-4H3,(H,32,36)(H,33,35). The fourth-order valence-corrected chi connectivity index (χ4v) is 6.23. The highest BCUT2D eigenvalue weighted by molar-refractivity contribution is 8.00. The van der Waals surface area contributed by atoms with Crippen LogP contribution in [-0.2, 0) is 27.2 Å². The summed E-state index contributed by atoms with van der Waals surface area (Å²) < 4.78 is 24.7. The summed E-state index contributed by atoms with van der Waals surface area (Å²) in [6, 6.07) is 12.6. The maximum absolute atomic E-state index is 14.0. The molecule has 42 heavy (non-hydrogen) atoms. The van der Waals surface area contributed by atoms with Crippen molar-refractivity contribution < 1.29 is 33.0 Å². The smallest absolute Gasteiger partial charge is 0.410 e. The number of nitrogens with zero attached hydrogens (tertiary/aromatic N) is 1. The minimum Gasteiger partial charge on any atom is -0.462 e. The number of thiophene rings is 1. The van der Waals surface area contributed by atoms with Gasteiger partial charge in [-0.05, 0) is 70.0 Å². The van der Waals surface area contributed by atoms with E-state index < -0.39 is 29.4 Å². The second kappa shape index (κ2) is 13.4. The van der Waals surface area contributed by atoms with E-state index in [0.717, 1.165) is 10.4 Å². The Balaban J connectivity index is 1.43. The molecule has 1 aliphatic rings. The molecular formula is C30H32FN3O6S2. The molecule has 3 aromatic rings. The van der Waals surface area contributed by atoms with Crippen LogP contribution in [0.3, 0.4) is 0 Å². The van der Waals surface area contributed by atoms with Gasteiger partial charge in [0.25, 0.3) is 5.91 Å². The normalized spacial score (nSPS) is 12.7. The number of hydrogen-bond acceptors (Lipinski definition) is 8. The second-order valence-corrected chi connectivity index (χ2v) is 12.5. The number of halogens is 1. The van der Waals surface area contributed by atoms with Crippen molar-refractivity contribution in [1.29, 1.82) is 0 Å². The number of thioether (sulfide) groups is 1. The second-order valence-electron chi connectivity index (χ2n) is 10.4. The zero-order valence-corrected chi connectivity index (χ0v) is 25.4. The van der Waals surface area contributed by atoms with Gasteiger partial charge in [0.1, 0.15) is 16.4 Å². The molecule has 3 amide bonds. The number of fused-ring (bicyclic) bond motifs is 1. The van der Waals surface area contributed by atoms with E-state index in [-0.39, 0.29) is 30.4 Å². The highest BCUT2D eigenvalue weighted by Gasteiger charge is 2.32. The minimum atomic E-state index is -0.634. The van der Waals surface area contributed by atoms with Crippen LogP contribution < -0.4 is 10.6 Å². The van der Waals surface area contributed by atoms with Crippen molar-refractivity contribution in [1.82, 2.24) is 4.90 Å². The highest BCUT2D eigenvalue weighted by Crippen LogP contribution is 2.38. The Labute approximate surface area is 251 Å². The van der Waals surface area contributed by atoms with Crippen molar-refractivity contribution in [2.75, 3.05) is 29.5 Å². The van der Waals surface area contributed by atoms with Gasteiger partial charge in [-0.2, -0.15) is 0 Å². The summed E-state index contributed by atoms with van der Waals surface area (Å²) in [6.07, 6.45) is -0.0107. The first kappa shape index (κ1) is 31.0. The lowest BCUT2D eigenvalue weighted by atomic mass is 10.0. The molecule has 0 saturated carbocycles. The molecule has 0 saturated heterocycles. The number of ether oxygens (including phenoxy) is 2. The summed E-state index contributed by atoms with van der Waals surface area (Å²) in [5.41, 5.74) is 0.834. The molecule has 4 rings (SSSR count). The zero-order valence-electron chi connectivity index (χ0n) is 23.7. The molecule has 0 unspecified atom stereocenters. The fourth-order valence-electron chi connectivity index (χ4n) is 4.21. The Kier molecular flexibility index (Phi) is 9.89. The minimum absolute atomic E-state index is 0.0274. The molecule has 0 spiro atoms. The summed E-state index contributed by atoms with van der Waals surface area (Å²) in [7, 11) is 0. The van der Waals surface area contributed by atoms with Crippen molar-refractivity contribution in [3.63, 3.8) is 0 Å². The SMILES string of the molecule is CCOC(=O)c1c(NC(=O)CSc2cccc(NC(=O)c3ccccc3F)c2)sc2c1CCN(C(=O)OC(C)(C)C)C2. The van der Waals surface area contributed by atoms with Gasteiger partial charge < -0.3 is 25.0 Å². The average molecular weight is 614 g/mol. The largest absolute Gasteiger partial charge is 0.462 e. The Bertz CT molecular complexity index is 1500. The highest BCUT2D eigenvalue weighted by atomic mass is 32.2. The van der Waals surface area contributed by atoms with Crippen LogP contribution in [0.1, 0.15) is 58.9 Å². The van der Waals surface area contributed by atoms with Crippen LogP contribution in [0.5, 0.6) is 0 Å². The monoisotopic (exact) mass is 613 g/mol. The van der Waals surface area contributed by atoms with Crippen LogP contribution in [-0.4, -0.2) is 53.3 Å². The molecule has 0 fully saturated rings. The van der Waals surface area contributed by atoms with Crippen LogP contribution in [0, 0.1) is 5.82 Å². The van der Waals surface area contributed by atoms with Gasteiger partial charge in [0, 0.05) is 22.0 Å². The third-order valence-corrected chi connectivity index (χ3v) is 8.15. The van der Waals surface area contributed by atoms with Gasteiger partial charge >= 0.3 is 12.1 Å². The molecule has 0 aliphatic carbocycles. The number of carbonyl (C=O) groups excluding carboxylic acids is 4. The molecule has 0 radical (unpaired) electrons. The van der Waals surface area contributed by atoms with E-state index in [0.29, 0.717) is 34.1 Å². The lowest BCUT2D eigenvalue weighted by Crippen LogP contribution is -2.39. The van der Waals surface area contributed by atoms with Gasteiger partial charge in [-0.15, -0.1) is 23.1 Å². The number of nitrogens with one attached hydrogen (secondary N) is 2. The Hall–Kier alpha value is -3.90. The van der Waals surface area contributed by atoms with E-state index in [9.17, 15) is 23.6 Å². The van der Waals surface area contributed by atoms with Gasteiger partial charge in [0.15, 0.2) is 0 Å². The maximum atomic E-state index is 14.0.